The lowest BCUT2D eigenvalue weighted by atomic mass is 10.1. The Balaban J connectivity index is 1.81. The third-order valence-corrected chi connectivity index (χ3v) is 3.93. The van der Waals surface area contributed by atoms with Gasteiger partial charge in [-0.05, 0) is 37.5 Å². The average Bonchev–Trinajstić information content (AvgIpc) is 2.73. The molecule has 0 saturated heterocycles. The van der Waals surface area contributed by atoms with E-state index in [2.05, 4.69) is 5.32 Å². The number of esters is 1. The minimum Gasteiger partial charge on any atom is -0.507 e. The maximum Gasteiger partial charge on any atom is 0.342 e. The molecule has 0 heterocycles. The fraction of sp³-hybridized carbons (Fsp3) is 0.529. The smallest absolute Gasteiger partial charge is 0.342 e. The number of carbonyl (C=O) groups is 2. The molecule has 1 amide bonds. The number of amides is 1. The van der Waals surface area contributed by atoms with Gasteiger partial charge in [0.25, 0.3) is 5.91 Å². The van der Waals surface area contributed by atoms with Crippen LogP contribution < -0.4 is 5.32 Å². The molecule has 0 radical (unpaired) electrons. The molecule has 0 bridgehead atoms. The molecule has 5 heteroatoms. The molecule has 22 heavy (non-hydrogen) atoms. The SMILES string of the molecule is Cc1ccc(C(=O)OCC(=O)NC2CCCCCC2)c(O)c1. The Bertz CT molecular complexity index is 533. The van der Waals surface area contributed by atoms with Crippen LogP contribution in [-0.4, -0.2) is 29.6 Å². The topological polar surface area (TPSA) is 75.6 Å². The number of carbonyl (C=O) groups excluding carboxylic acids is 2. The van der Waals surface area contributed by atoms with Crippen molar-refractivity contribution in [2.45, 2.75) is 51.5 Å². The first kappa shape index (κ1) is 16.3. The second-order valence-corrected chi connectivity index (χ2v) is 5.85. The molecule has 0 unspecified atom stereocenters. The van der Waals surface area contributed by atoms with Crippen molar-refractivity contribution in [3.8, 4) is 5.75 Å². The molecule has 2 N–H and O–H groups in total. The summed E-state index contributed by atoms with van der Waals surface area (Å²) in [6, 6.07) is 4.88. The molecule has 0 aliphatic heterocycles. The summed E-state index contributed by atoms with van der Waals surface area (Å²) in [6.07, 6.45) is 6.66. The van der Waals surface area contributed by atoms with Crippen molar-refractivity contribution in [3.63, 3.8) is 0 Å². The average molecular weight is 305 g/mol. The summed E-state index contributed by atoms with van der Waals surface area (Å²) < 4.78 is 4.97. The van der Waals surface area contributed by atoms with E-state index in [1.807, 2.05) is 6.92 Å². The summed E-state index contributed by atoms with van der Waals surface area (Å²) in [6.45, 7) is 1.50. The Kier molecular flexibility index (Phi) is 5.81. The van der Waals surface area contributed by atoms with E-state index in [-0.39, 0.29) is 29.9 Å². The maximum atomic E-state index is 11.9. The highest BCUT2D eigenvalue weighted by Crippen LogP contribution is 2.19. The quantitative estimate of drug-likeness (QED) is 0.662. The van der Waals surface area contributed by atoms with Gasteiger partial charge in [-0.2, -0.15) is 0 Å². The van der Waals surface area contributed by atoms with Crippen LogP contribution in [0.2, 0.25) is 0 Å². The van der Waals surface area contributed by atoms with E-state index in [1.165, 1.54) is 25.0 Å². The normalized spacial score (nSPS) is 15.9. The molecule has 1 aromatic rings. The summed E-state index contributed by atoms with van der Waals surface area (Å²) in [5.74, 6) is -1.10. The molecular formula is C17H23NO4. The number of phenolic OH excluding ortho intramolecular Hbond substituents is 1. The Hall–Kier alpha value is -2.04. The van der Waals surface area contributed by atoms with Crippen LogP contribution in [0, 0.1) is 6.92 Å². The van der Waals surface area contributed by atoms with Crippen LogP contribution in [0.4, 0.5) is 0 Å². The zero-order chi connectivity index (χ0) is 15.9. The third kappa shape index (κ3) is 4.76. The molecule has 1 aromatic carbocycles. The second-order valence-electron chi connectivity index (χ2n) is 5.85. The first-order chi connectivity index (χ1) is 10.6. The summed E-state index contributed by atoms with van der Waals surface area (Å²) in [5.41, 5.74) is 0.924. The van der Waals surface area contributed by atoms with Crippen LogP contribution in [0.3, 0.4) is 0 Å². The summed E-state index contributed by atoms with van der Waals surface area (Å²) in [5, 5.41) is 12.6. The van der Waals surface area contributed by atoms with E-state index in [0.717, 1.165) is 31.2 Å². The van der Waals surface area contributed by atoms with E-state index < -0.39 is 5.97 Å². The van der Waals surface area contributed by atoms with Gasteiger partial charge in [-0.25, -0.2) is 4.79 Å². The van der Waals surface area contributed by atoms with Gasteiger partial charge in [-0.1, -0.05) is 31.7 Å². The Morgan fingerprint density at radius 3 is 2.55 bits per heavy atom. The molecule has 0 atom stereocenters. The highest BCUT2D eigenvalue weighted by molar-refractivity contribution is 5.93. The molecule has 0 spiro atoms. The van der Waals surface area contributed by atoms with Gasteiger partial charge in [0.2, 0.25) is 0 Å². The Morgan fingerprint density at radius 2 is 1.91 bits per heavy atom. The van der Waals surface area contributed by atoms with E-state index in [1.54, 1.807) is 6.07 Å². The maximum absolute atomic E-state index is 11.9. The van der Waals surface area contributed by atoms with Crippen molar-refractivity contribution >= 4 is 11.9 Å². The molecule has 2 rings (SSSR count). The van der Waals surface area contributed by atoms with Gasteiger partial charge >= 0.3 is 5.97 Å². The zero-order valence-corrected chi connectivity index (χ0v) is 12.9. The fourth-order valence-electron chi connectivity index (χ4n) is 2.72. The van der Waals surface area contributed by atoms with Gasteiger partial charge in [-0.3, -0.25) is 4.79 Å². The van der Waals surface area contributed by atoms with Gasteiger partial charge < -0.3 is 15.2 Å². The van der Waals surface area contributed by atoms with Crippen LogP contribution >= 0.6 is 0 Å². The number of aryl methyl sites for hydroxylation is 1. The first-order valence-electron chi connectivity index (χ1n) is 7.82. The lowest BCUT2D eigenvalue weighted by Gasteiger charge is -2.16. The number of ether oxygens (including phenoxy) is 1. The first-order valence-corrected chi connectivity index (χ1v) is 7.82. The van der Waals surface area contributed by atoms with Gasteiger partial charge in [-0.15, -0.1) is 0 Å². The number of phenols is 1. The summed E-state index contributed by atoms with van der Waals surface area (Å²) in [4.78, 5) is 23.7. The number of benzene rings is 1. The second kappa shape index (κ2) is 7.82. The monoisotopic (exact) mass is 305 g/mol. The predicted octanol–water partition coefficient (Wildman–Crippen LogP) is 2.70. The molecule has 1 aliphatic rings. The molecular weight excluding hydrogens is 282 g/mol. The standard InChI is InChI=1S/C17H23NO4/c1-12-8-9-14(15(19)10-12)17(21)22-11-16(20)18-13-6-4-2-3-5-7-13/h8-10,13,19H,2-7,11H2,1H3,(H,18,20). The zero-order valence-electron chi connectivity index (χ0n) is 12.9. The minimum absolute atomic E-state index is 0.0767. The van der Waals surface area contributed by atoms with Gasteiger partial charge in [0.15, 0.2) is 6.61 Å². The van der Waals surface area contributed by atoms with Crippen molar-refractivity contribution in [1.82, 2.24) is 5.32 Å². The largest absolute Gasteiger partial charge is 0.507 e. The highest BCUT2D eigenvalue weighted by atomic mass is 16.5. The third-order valence-electron chi connectivity index (χ3n) is 3.93. The van der Waals surface area contributed by atoms with E-state index in [0.29, 0.717) is 0 Å². The number of rotatable bonds is 4. The molecule has 1 saturated carbocycles. The Morgan fingerprint density at radius 1 is 1.23 bits per heavy atom. The summed E-state index contributed by atoms with van der Waals surface area (Å²) >= 11 is 0. The fourth-order valence-corrected chi connectivity index (χ4v) is 2.72. The predicted molar refractivity (Wildman–Crippen MR) is 82.8 cm³/mol. The van der Waals surface area contributed by atoms with Gasteiger partial charge in [0.05, 0.1) is 0 Å². The molecule has 5 nitrogen and oxygen atoms in total. The number of nitrogens with one attached hydrogen (secondary N) is 1. The van der Waals surface area contributed by atoms with Crippen molar-refractivity contribution in [2.24, 2.45) is 0 Å². The van der Waals surface area contributed by atoms with Crippen LogP contribution in [0.25, 0.3) is 0 Å². The highest BCUT2D eigenvalue weighted by Gasteiger charge is 2.17. The molecule has 0 aromatic heterocycles. The number of hydrogen-bond acceptors (Lipinski definition) is 4. The van der Waals surface area contributed by atoms with Gasteiger partial charge in [0.1, 0.15) is 11.3 Å². The molecule has 1 fully saturated rings. The summed E-state index contributed by atoms with van der Waals surface area (Å²) in [7, 11) is 0. The van der Waals surface area contributed by atoms with E-state index in [9.17, 15) is 14.7 Å². The van der Waals surface area contributed by atoms with E-state index >= 15 is 0 Å². The minimum atomic E-state index is -0.687. The lowest BCUT2D eigenvalue weighted by molar-refractivity contribution is -0.125. The van der Waals surface area contributed by atoms with Crippen LogP contribution in [0.5, 0.6) is 5.75 Å². The van der Waals surface area contributed by atoms with E-state index in [4.69, 9.17) is 4.74 Å². The van der Waals surface area contributed by atoms with Gasteiger partial charge in [0, 0.05) is 6.04 Å². The van der Waals surface area contributed by atoms with Crippen molar-refractivity contribution in [1.29, 1.82) is 0 Å². The van der Waals surface area contributed by atoms with Crippen LogP contribution in [0.15, 0.2) is 18.2 Å². The van der Waals surface area contributed by atoms with Crippen molar-refractivity contribution in [3.05, 3.63) is 29.3 Å². The number of hydrogen-bond donors (Lipinski definition) is 2. The van der Waals surface area contributed by atoms with Crippen LogP contribution in [-0.2, 0) is 9.53 Å². The molecule has 1 aliphatic carbocycles. The number of aromatic hydroxyl groups is 1. The lowest BCUT2D eigenvalue weighted by Crippen LogP contribution is -2.37. The Labute approximate surface area is 130 Å². The molecule has 120 valence electrons. The van der Waals surface area contributed by atoms with Crippen LogP contribution in [0.1, 0.15) is 54.4 Å². The van der Waals surface area contributed by atoms with Crippen molar-refractivity contribution in [2.75, 3.05) is 6.61 Å². The van der Waals surface area contributed by atoms with Crippen molar-refractivity contribution < 1.29 is 19.4 Å².